The summed E-state index contributed by atoms with van der Waals surface area (Å²) in [5.41, 5.74) is 0.00776. The van der Waals surface area contributed by atoms with Gasteiger partial charge in [-0.25, -0.2) is 0 Å². The van der Waals surface area contributed by atoms with E-state index in [9.17, 15) is 28.5 Å². The molecule has 0 aliphatic heterocycles. The van der Waals surface area contributed by atoms with Crippen molar-refractivity contribution in [2.24, 2.45) is 46.3 Å². The van der Waals surface area contributed by atoms with Gasteiger partial charge in [-0.2, -0.15) is 8.42 Å². The number of fused-ring (bicyclic) bond motifs is 5. The van der Waals surface area contributed by atoms with Crippen LogP contribution in [0.15, 0.2) is 0 Å². The predicted molar refractivity (Wildman–Crippen MR) is 132 cm³/mol. The molecule has 4 rings (SSSR count). The van der Waals surface area contributed by atoms with Gasteiger partial charge in [-0.05, 0) is 97.7 Å². The van der Waals surface area contributed by atoms with Crippen LogP contribution in [0, 0.1) is 46.3 Å². The lowest BCUT2D eigenvalue weighted by molar-refractivity contribution is -0.223. The summed E-state index contributed by atoms with van der Waals surface area (Å²) < 4.78 is 30.5. The molecule has 4 fully saturated rings. The molecule has 4 aliphatic carbocycles. The maximum absolute atomic E-state index is 12.2. The fraction of sp³-hybridized carbons (Fsp3) is 0.962. The van der Waals surface area contributed by atoms with Gasteiger partial charge in [0.2, 0.25) is 5.91 Å². The van der Waals surface area contributed by atoms with Crippen molar-refractivity contribution in [3.05, 3.63) is 0 Å². The third-order valence-electron chi connectivity index (χ3n) is 11.0. The normalized spacial score (nSPS) is 46.3. The first-order valence-electron chi connectivity index (χ1n) is 13.5. The highest BCUT2D eigenvalue weighted by atomic mass is 32.2. The molecular weight excluding hydrogens is 470 g/mol. The summed E-state index contributed by atoms with van der Waals surface area (Å²) in [6, 6.07) is 0. The van der Waals surface area contributed by atoms with Crippen LogP contribution in [0.5, 0.6) is 0 Å². The Kier molecular flexibility index (Phi) is 7.69. The van der Waals surface area contributed by atoms with Crippen molar-refractivity contribution in [3.8, 4) is 0 Å². The van der Waals surface area contributed by atoms with Crippen LogP contribution in [0.3, 0.4) is 0 Å². The zero-order chi connectivity index (χ0) is 25.8. The third kappa shape index (κ3) is 5.05. The van der Waals surface area contributed by atoms with E-state index in [1.165, 1.54) is 0 Å². The summed E-state index contributed by atoms with van der Waals surface area (Å²) in [5, 5.41) is 35.4. The van der Waals surface area contributed by atoms with Gasteiger partial charge in [0, 0.05) is 13.0 Å². The smallest absolute Gasteiger partial charge is 0.266 e. The molecule has 0 radical (unpaired) electrons. The van der Waals surface area contributed by atoms with E-state index in [2.05, 4.69) is 26.1 Å². The van der Waals surface area contributed by atoms with Crippen molar-refractivity contribution in [1.82, 2.24) is 5.32 Å². The number of amides is 1. The Balaban J connectivity index is 1.42. The van der Waals surface area contributed by atoms with Gasteiger partial charge < -0.3 is 20.6 Å². The lowest BCUT2D eigenvalue weighted by Crippen LogP contribution is -2.64. The highest BCUT2D eigenvalue weighted by Crippen LogP contribution is 2.68. The standard InChI is InChI=1S/C26H45NO7S/c1-15(4-7-21(29)27-12-13-35(32,33)34)17-5-6-18-22-19(9-11-25(17,18)2)26(3)10-8-16(28)14-20(26)23(30)24(22)31/h15-20,22-24,28,30-31H,4-14H2,1-3H3,(H,27,29)(H,32,33,34)/t15-,16-,17-,18?,19?,20+,22?,23+,24-,25-,26-/m1/s1. The second-order valence-corrected chi connectivity index (χ2v) is 14.3. The molecule has 1 amide bonds. The summed E-state index contributed by atoms with van der Waals surface area (Å²) in [6.45, 7) is 6.75. The Morgan fingerprint density at radius 1 is 0.971 bits per heavy atom. The van der Waals surface area contributed by atoms with Crippen molar-refractivity contribution >= 4 is 16.0 Å². The molecule has 0 heterocycles. The number of hydrogen-bond acceptors (Lipinski definition) is 6. The average Bonchev–Trinajstić information content (AvgIpc) is 3.13. The van der Waals surface area contributed by atoms with Crippen molar-refractivity contribution in [1.29, 1.82) is 0 Å². The van der Waals surface area contributed by atoms with Crippen LogP contribution in [-0.4, -0.2) is 64.8 Å². The minimum Gasteiger partial charge on any atom is -0.393 e. The Hall–Kier alpha value is -0.740. The molecular formula is C26H45NO7S. The fourth-order valence-corrected chi connectivity index (χ4v) is 9.54. The molecule has 4 saturated carbocycles. The number of rotatable bonds is 7. The molecule has 4 aliphatic rings. The zero-order valence-corrected chi connectivity index (χ0v) is 22.2. The minimum absolute atomic E-state index is 0.0479. The van der Waals surface area contributed by atoms with Gasteiger partial charge in [0.15, 0.2) is 0 Å². The molecule has 35 heavy (non-hydrogen) atoms. The van der Waals surface area contributed by atoms with E-state index < -0.39 is 28.1 Å². The topological polar surface area (TPSA) is 144 Å². The highest BCUT2D eigenvalue weighted by Gasteiger charge is 2.65. The van der Waals surface area contributed by atoms with Crippen LogP contribution in [0.4, 0.5) is 0 Å². The molecule has 3 unspecified atom stereocenters. The Morgan fingerprint density at radius 2 is 1.63 bits per heavy atom. The molecule has 5 N–H and O–H groups in total. The number of carbonyl (C=O) groups is 1. The minimum atomic E-state index is -4.08. The van der Waals surface area contributed by atoms with Crippen LogP contribution < -0.4 is 5.32 Å². The van der Waals surface area contributed by atoms with E-state index in [0.29, 0.717) is 42.9 Å². The summed E-state index contributed by atoms with van der Waals surface area (Å²) in [7, 11) is -4.08. The highest BCUT2D eigenvalue weighted by molar-refractivity contribution is 7.85. The lowest BCUT2D eigenvalue weighted by atomic mass is 9.43. The van der Waals surface area contributed by atoms with E-state index in [1.54, 1.807) is 0 Å². The lowest BCUT2D eigenvalue weighted by Gasteiger charge is -2.63. The first-order valence-corrected chi connectivity index (χ1v) is 15.1. The summed E-state index contributed by atoms with van der Waals surface area (Å²) >= 11 is 0. The zero-order valence-electron chi connectivity index (χ0n) is 21.4. The second-order valence-electron chi connectivity index (χ2n) is 12.7. The molecule has 8 nitrogen and oxygen atoms in total. The van der Waals surface area contributed by atoms with Crippen LogP contribution in [0.1, 0.15) is 78.6 Å². The van der Waals surface area contributed by atoms with Gasteiger partial charge in [-0.3, -0.25) is 9.35 Å². The number of nitrogens with one attached hydrogen (secondary N) is 1. The summed E-state index contributed by atoms with van der Waals surface area (Å²) in [5.74, 6) is 0.781. The Labute approximate surface area is 210 Å². The van der Waals surface area contributed by atoms with Gasteiger partial charge >= 0.3 is 0 Å². The van der Waals surface area contributed by atoms with E-state index in [1.807, 2.05) is 0 Å². The maximum atomic E-state index is 12.2. The van der Waals surface area contributed by atoms with E-state index >= 15 is 0 Å². The number of aliphatic hydroxyl groups excluding tert-OH is 3. The van der Waals surface area contributed by atoms with Crippen molar-refractivity contribution in [2.45, 2.75) is 96.9 Å². The molecule has 9 heteroatoms. The van der Waals surface area contributed by atoms with E-state index in [4.69, 9.17) is 4.55 Å². The van der Waals surface area contributed by atoms with Crippen LogP contribution >= 0.6 is 0 Å². The second kappa shape index (κ2) is 9.86. The number of aliphatic hydroxyl groups is 3. The molecule has 0 aromatic carbocycles. The molecule has 202 valence electrons. The van der Waals surface area contributed by atoms with Gasteiger partial charge in [0.1, 0.15) is 0 Å². The SMILES string of the molecule is C[C@H](CCC(=O)NCCS(=O)(=O)O)[C@H]1CCC2C3C(CC[C@@]21C)[C@@]1(C)CC[C@@H](O)C[C@H]1[C@H](O)[C@@H]3O. The van der Waals surface area contributed by atoms with Crippen molar-refractivity contribution < 1.29 is 33.1 Å². The van der Waals surface area contributed by atoms with Gasteiger partial charge in [0.05, 0.1) is 24.1 Å². The van der Waals surface area contributed by atoms with E-state index in [0.717, 1.165) is 38.5 Å². The average molecular weight is 516 g/mol. The molecule has 0 aromatic heterocycles. The third-order valence-corrected chi connectivity index (χ3v) is 11.7. The van der Waals surface area contributed by atoms with Crippen molar-refractivity contribution in [3.63, 3.8) is 0 Å². The van der Waals surface area contributed by atoms with Crippen LogP contribution in [0.2, 0.25) is 0 Å². The fourth-order valence-electron chi connectivity index (χ4n) is 9.18. The van der Waals surface area contributed by atoms with Gasteiger partial charge in [-0.1, -0.05) is 20.8 Å². The summed E-state index contributed by atoms with van der Waals surface area (Å²) in [6.07, 6.45) is 5.54. The molecule has 0 aromatic rings. The maximum Gasteiger partial charge on any atom is 0.266 e. The van der Waals surface area contributed by atoms with Gasteiger partial charge in [0.25, 0.3) is 10.1 Å². The van der Waals surface area contributed by atoms with Gasteiger partial charge in [-0.15, -0.1) is 0 Å². The first-order chi connectivity index (χ1) is 16.3. The largest absolute Gasteiger partial charge is 0.393 e. The molecule has 0 bridgehead atoms. The van der Waals surface area contributed by atoms with Crippen LogP contribution in [-0.2, 0) is 14.9 Å². The van der Waals surface area contributed by atoms with Crippen molar-refractivity contribution in [2.75, 3.05) is 12.3 Å². The Bertz CT molecular complexity index is 896. The number of hydrogen-bond donors (Lipinski definition) is 5. The van der Waals surface area contributed by atoms with Crippen LogP contribution in [0.25, 0.3) is 0 Å². The monoisotopic (exact) mass is 515 g/mol. The Morgan fingerprint density at radius 3 is 2.31 bits per heavy atom. The summed E-state index contributed by atoms with van der Waals surface area (Å²) in [4.78, 5) is 12.2. The van der Waals surface area contributed by atoms with E-state index in [-0.39, 0.29) is 41.2 Å². The molecule has 0 spiro atoms. The predicted octanol–water partition coefficient (Wildman–Crippen LogP) is 2.37. The molecule has 0 saturated heterocycles. The first kappa shape index (κ1) is 27.3. The number of carbonyl (C=O) groups excluding carboxylic acids is 1. The molecule has 11 atom stereocenters. The quantitative estimate of drug-likeness (QED) is 0.327.